The largest absolute Gasteiger partial charge is 0.573 e. The molecule has 5 nitrogen and oxygen atoms in total. The van der Waals surface area contributed by atoms with Crippen LogP contribution in [0.4, 0.5) is 35.0 Å². The smallest absolute Gasteiger partial charge is 0.406 e. The Morgan fingerprint density at radius 2 is 1.87 bits per heavy atom. The van der Waals surface area contributed by atoms with Gasteiger partial charge in [0.1, 0.15) is 17.4 Å². The van der Waals surface area contributed by atoms with Crippen molar-refractivity contribution in [3.8, 4) is 17.0 Å². The summed E-state index contributed by atoms with van der Waals surface area (Å²) < 4.78 is 56.8. The molecule has 3 rings (SSSR count). The van der Waals surface area contributed by atoms with E-state index in [4.69, 9.17) is 0 Å². The minimum atomic E-state index is -4.80. The van der Waals surface area contributed by atoms with Crippen molar-refractivity contribution in [2.75, 3.05) is 10.6 Å². The highest BCUT2D eigenvalue weighted by Crippen LogP contribution is 2.30. The Morgan fingerprint density at radius 3 is 2.55 bits per heavy atom. The van der Waals surface area contributed by atoms with Crippen LogP contribution < -0.4 is 15.4 Å². The van der Waals surface area contributed by atoms with Gasteiger partial charge in [0.25, 0.3) is 0 Å². The first-order chi connectivity index (χ1) is 14.6. The number of nitrogens with one attached hydrogen (secondary N) is 2. The van der Waals surface area contributed by atoms with Gasteiger partial charge in [0, 0.05) is 21.2 Å². The number of ether oxygens (including phenoxy) is 1. The minimum absolute atomic E-state index is 0.0537. The van der Waals surface area contributed by atoms with Crippen LogP contribution in [-0.4, -0.2) is 22.4 Å². The molecule has 0 aliphatic rings. The first-order valence-corrected chi connectivity index (χ1v) is 10.4. The number of hydrogen-bond donors (Lipinski definition) is 2. The van der Waals surface area contributed by atoms with Gasteiger partial charge >= 0.3 is 6.36 Å². The molecule has 0 saturated carbocycles. The summed E-state index contributed by atoms with van der Waals surface area (Å²) >= 11 is 2.01. The molecule has 0 fully saturated rings. The maximum Gasteiger partial charge on any atom is 0.573 e. The van der Waals surface area contributed by atoms with Crippen LogP contribution in [0.3, 0.4) is 0 Å². The molecule has 0 aliphatic carbocycles. The molecule has 3 aromatic rings. The lowest BCUT2D eigenvalue weighted by Gasteiger charge is -2.15. The van der Waals surface area contributed by atoms with Gasteiger partial charge in [-0.1, -0.05) is 19.1 Å². The fourth-order valence-electron chi connectivity index (χ4n) is 2.63. The van der Waals surface area contributed by atoms with E-state index in [1.165, 1.54) is 30.3 Å². The topological polar surface area (TPSA) is 59.1 Å². The van der Waals surface area contributed by atoms with Gasteiger partial charge in [-0.05, 0) is 66.3 Å². The Hall–Kier alpha value is -2.63. The highest BCUT2D eigenvalue weighted by Gasteiger charge is 2.31. The predicted octanol–water partition coefficient (Wildman–Crippen LogP) is 6.74. The van der Waals surface area contributed by atoms with Crippen LogP contribution in [-0.2, 0) is 0 Å². The highest BCUT2D eigenvalue weighted by atomic mass is 127. The summed E-state index contributed by atoms with van der Waals surface area (Å²) in [7, 11) is 0. The van der Waals surface area contributed by atoms with E-state index in [0.29, 0.717) is 11.3 Å². The summed E-state index contributed by atoms with van der Waals surface area (Å²) in [6, 6.07) is 11.8. The Labute approximate surface area is 190 Å². The fourth-order valence-corrected chi connectivity index (χ4v) is 3.08. The first-order valence-electron chi connectivity index (χ1n) is 9.37. The summed E-state index contributed by atoms with van der Waals surface area (Å²) in [5.74, 6) is -0.261. The zero-order chi connectivity index (χ0) is 22.6. The van der Waals surface area contributed by atoms with E-state index < -0.39 is 12.2 Å². The third-order valence-corrected chi connectivity index (χ3v) is 4.94. The average molecular weight is 546 g/mol. The number of halogens is 5. The SMILES string of the molecule is CC[C@H](C)Nc1nc(Nc2ccc(I)cc2F)cc(-c2cccc(OC(F)(F)F)c2)n1. The van der Waals surface area contributed by atoms with Crippen molar-refractivity contribution >= 4 is 40.0 Å². The molecule has 164 valence electrons. The molecule has 0 amide bonds. The second kappa shape index (κ2) is 9.67. The van der Waals surface area contributed by atoms with Gasteiger partial charge in [-0.15, -0.1) is 13.2 Å². The third-order valence-electron chi connectivity index (χ3n) is 4.27. The second-order valence-electron chi connectivity index (χ2n) is 6.74. The molecule has 1 heterocycles. The van der Waals surface area contributed by atoms with Crippen LogP contribution >= 0.6 is 22.6 Å². The molecule has 0 bridgehead atoms. The van der Waals surface area contributed by atoms with Crippen molar-refractivity contribution in [2.24, 2.45) is 0 Å². The van der Waals surface area contributed by atoms with Crippen molar-refractivity contribution in [1.82, 2.24) is 9.97 Å². The van der Waals surface area contributed by atoms with Crippen molar-refractivity contribution in [3.63, 3.8) is 0 Å². The van der Waals surface area contributed by atoms with Crippen molar-refractivity contribution in [3.05, 3.63) is 57.9 Å². The van der Waals surface area contributed by atoms with Crippen molar-refractivity contribution in [2.45, 2.75) is 32.7 Å². The molecule has 2 aromatic carbocycles. The predicted molar refractivity (Wildman–Crippen MR) is 120 cm³/mol. The van der Waals surface area contributed by atoms with E-state index in [2.05, 4.69) is 25.3 Å². The molecular formula is C21H19F4IN4O. The Morgan fingerprint density at radius 1 is 1.10 bits per heavy atom. The number of anilines is 3. The van der Waals surface area contributed by atoms with Gasteiger partial charge in [0.15, 0.2) is 0 Å². The van der Waals surface area contributed by atoms with Gasteiger partial charge in [-0.3, -0.25) is 0 Å². The van der Waals surface area contributed by atoms with E-state index in [0.717, 1.165) is 9.99 Å². The van der Waals surface area contributed by atoms with Gasteiger partial charge in [0.2, 0.25) is 5.95 Å². The van der Waals surface area contributed by atoms with E-state index in [-0.39, 0.29) is 29.2 Å². The highest BCUT2D eigenvalue weighted by molar-refractivity contribution is 14.1. The Kier molecular flexibility index (Phi) is 7.19. The number of nitrogens with zero attached hydrogens (tertiary/aromatic N) is 2. The first kappa shape index (κ1) is 23.0. The molecule has 0 saturated heterocycles. The summed E-state index contributed by atoms with van der Waals surface area (Å²) in [4.78, 5) is 8.79. The van der Waals surface area contributed by atoms with Crippen molar-refractivity contribution in [1.29, 1.82) is 0 Å². The number of rotatable bonds is 7. The summed E-state index contributed by atoms with van der Waals surface area (Å²) in [5, 5.41) is 6.05. The second-order valence-corrected chi connectivity index (χ2v) is 7.99. The fraction of sp³-hybridized carbons (Fsp3) is 0.238. The van der Waals surface area contributed by atoms with Crippen LogP contribution in [0.15, 0.2) is 48.5 Å². The van der Waals surface area contributed by atoms with Crippen LogP contribution in [0.2, 0.25) is 0 Å². The normalized spacial score (nSPS) is 12.4. The Bertz CT molecular complexity index is 1060. The lowest BCUT2D eigenvalue weighted by atomic mass is 10.1. The molecule has 0 unspecified atom stereocenters. The molecule has 0 aliphatic heterocycles. The summed E-state index contributed by atoms with van der Waals surface area (Å²) in [6.45, 7) is 3.93. The molecule has 2 N–H and O–H groups in total. The van der Waals surface area contributed by atoms with Gasteiger partial charge in [-0.2, -0.15) is 4.98 Å². The Balaban J connectivity index is 2.00. The number of alkyl halides is 3. The number of hydrogen-bond acceptors (Lipinski definition) is 5. The molecule has 1 aromatic heterocycles. The number of benzene rings is 2. The standard InChI is InChI=1S/C21H19F4IN4O/c1-3-12(2)27-20-29-18(13-5-4-6-15(9-13)31-21(23,24)25)11-19(30-20)28-17-8-7-14(26)10-16(17)22/h4-12H,3H2,1-2H3,(H2,27,28,29,30)/t12-/m0/s1. The van der Waals surface area contributed by atoms with Gasteiger partial charge in [-0.25, -0.2) is 9.37 Å². The molecule has 10 heteroatoms. The minimum Gasteiger partial charge on any atom is -0.406 e. The van der Waals surface area contributed by atoms with E-state index in [1.807, 2.05) is 36.4 Å². The van der Waals surface area contributed by atoms with Crippen LogP contribution in [0, 0.1) is 9.39 Å². The van der Waals surface area contributed by atoms with Crippen LogP contribution in [0.1, 0.15) is 20.3 Å². The maximum atomic E-state index is 14.3. The van der Waals surface area contributed by atoms with Crippen LogP contribution in [0.25, 0.3) is 11.3 Å². The summed E-state index contributed by atoms with van der Waals surface area (Å²) in [5.41, 5.74) is 0.957. The zero-order valence-electron chi connectivity index (χ0n) is 16.6. The lowest BCUT2D eigenvalue weighted by Crippen LogP contribution is -2.17. The van der Waals surface area contributed by atoms with Gasteiger partial charge < -0.3 is 15.4 Å². The molecule has 31 heavy (non-hydrogen) atoms. The van der Waals surface area contributed by atoms with Crippen LogP contribution in [0.5, 0.6) is 5.75 Å². The van der Waals surface area contributed by atoms with E-state index >= 15 is 0 Å². The number of aromatic nitrogens is 2. The third kappa shape index (κ3) is 6.68. The van der Waals surface area contributed by atoms with Crippen molar-refractivity contribution < 1.29 is 22.3 Å². The molecular weight excluding hydrogens is 527 g/mol. The quantitative estimate of drug-likeness (QED) is 0.254. The lowest BCUT2D eigenvalue weighted by molar-refractivity contribution is -0.274. The molecule has 0 radical (unpaired) electrons. The molecule has 1 atom stereocenters. The zero-order valence-corrected chi connectivity index (χ0v) is 18.8. The maximum absolute atomic E-state index is 14.3. The van der Waals surface area contributed by atoms with E-state index in [9.17, 15) is 17.6 Å². The van der Waals surface area contributed by atoms with Gasteiger partial charge in [0.05, 0.1) is 11.4 Å². The van der Waals surface area contributed by atoms with E-state index in [1.54, 1.807) is 18.2 Å². The molecule has 0 spiro atoms. The monoisotopic (exact) mass is 546 g/mol. The average Bonchev–Trinajstić information content (AvgIpc) is 2.69. The summed E-state index contributed by atoms with van der Waals surface area (Å²) in [6.07, 6.45) is -4.00.